The molecule has 5 rings (SSSR count). The van der Waals surface area contributed by atoms with Crippen LogP contribution in [-0.2, 0) is 14.6 Å². The number of aromatic nitrogens is 1. The molecule has 0 aliphatic carbocycles. The van der Waals surface area contributed by atoms with Gasteiger partial charge in [-0.15, -0.1) is 11.3 Å². The highest BCUT2D eigenvalue weighted by Crippen LogP contribution is 2.33. The second kappa shape index (κ2) is 8.84. The zero-order chi connectivity index (χ0) is 22.8. The summed E-state index contributed by atoms with van der Waals surface area (Å²) in [5.74, 6) is 0.249. The van der Waals surface area contributed by atoms with Gasteiger partial charge in [0, 0.05) is 23.7 Å². The summed E-state index contributed by atoms with van der Waals surface area (Å²) in [4.78, 5) is 17.1. The minimum atomic E-state index is -3.64. The number of rotatable bonds is 6. The summed E-state index contributed by atoms with van der Waals surface area (Å²) in [6.07, 6.45) is -0.156. The summed E-state index contributed by atoms with van der Waals surface area (Å²) in [6.45, 7) is 0.803. The Hall–Kier alpha value is -3.43. The normalized spacial score (nSPS) is 13.1. The molecule has 0 fully saturated rings. The number of nitrogens with zero attached hydrogens (tertiary/aromatic N) is 1. The maximum atomic E-state index is 12.7. The van der Waals surface area contributed by atoms with Crippen LogP contribution >= 0.6 is 11.3 Å². The lowest BCUT2D eigenvalue weighted by molar-refractivity contribution is -0.115. The lowest BCUT2D eigenvalue weighted by atomic mass is 10.2. The molecule has 1 N–H and O–H groups in total. The van der Waals surface area contributed by atoms with Gasteiger partial charge in [0.05, 0.1) is 20.9 Å². The van der Waals surface area contributed by atoms with Crippen molar-refractivity contribution in [1.29, 1.82) is 0 Å². The number of para-hydroxylation sites is 1. The second-order valence-electron chi connectivity index (χ2n) is 7.49. The summed E-state index contributed by atoms with van der Waals surface area (Å²) in [7, 11) is -3.64. The van der Waals surface area contributed by atoms with E-state index >= 15 is 0 Å². The van der Waals surface area contributed by atoms with Gasteiger partial charge in [-0.05, 0) is 48.5 Å². The van der Waals surface area contributed by atoms with Crippen molar-refractivity contribution in [2.24, 2.45) is 0 Å². The van der Waals surface area contributed by atoms with E-state index in [1.54, 1.807) is 29.5 Å². The van der Waals surface area contributed by atoms with Crippen LogP contribution in [0.25, 0.3) is 20.8 Å². The van der Waals surface area contributed by atoms with Gasteiger partial charge in [0.15, 0.2) is 21.3 Å². The molecular formula is C24H20N2O5S2. The Morgan fingerprint density at radius 3 is 2.52 bits per heavy atom. The van der Waals surface area contributed by atoms with E-state index in [0.29, 0.717) is 30.4 Å². The van der Waals surface area contributed by atoms with E-state index in [4.69, 9.17) is 9.47 Å². The number of nitrogens with one attached hydrogen (secondary N) is 1. The molecule has 1 aliphatic heterocycles. The summed E-state index contributed by atoms with van der Waals surface area (Å²) in [5, 5.41) is 3.66. The molecule has 0 bridgehead atoms. The molecule has 3 aromatic carbocycles. The zero-order valence-electron chi connectivity index (χ0n) is 17.5. The van der Waals surface area contributed by atoms with E-state index in [2.05, 4.69) is 10.3 Å². The summed E-state index contributed by atoms with van der Waals surface area (Å²) in [6, 6.07) is 19.8. The molecule has 0 saturated heterocycles. The van der Waals surface area contributed by atoms with Gasteiger partial charge in [0.1, 0.15) is 18.2 Å². The van der Waals surface area contributed by atoms with Crippen molar-refractivity contribution in [3.05, 3.63) is 66.7 Å². The van der Waals surface area contributed by atoms with Crippen molar-refractivity contribution in [3.8, 4) is 22.1 Å². The minimum Gasteiger partial charge on any atom is -0.486 e. The number of hydrogen-bond donors (Lipinski definition) is 1. The number of anilines is 1. The van der Waals surface area contributed by atoms with Crippen LogP contribution in [0.4, 0.5) is 5.69 Å². The van der Waals surface area contributed by atoms with Gasteiger partial charge in [-0.3, -0.25) is 4.79 Å². The maximum absolute atomic E-state index is 12.7. The second-order valence-corrected chi connectivity index (χ2v) is 10.6. The Morgan fingerprint density at radius 2 is 1.73 bits per heavy atom. The highest BCUT2D eigenvalue weighted by atomic mass is 32.2. The number of carbonyl (C=O) groups excluding carboxylic acids is 1. The van der Waals surface area contributed by atoms with Crippen LogP contribution in [0.2, 0.25) is 0 Å². The fourth-order valence-corrected chi connectivity index (χ4v) is 5.70. The van der Waals surface area contributed by atoms with Crippen LogP contribution in [0.5, 0.6) is 11.5 Å². The molecule has 1 aliphatic rings. The number of thiazole rings is 1. The Bertz CT molecular complexity index is 1400. The number of benzene rings is 3. The van der Waals surface area contributed by atoms with Crippen molar-refractivity contribution in [3.63, 3.8) is 0 Å². The Labute approximate surface area is 194 Å². The molecule has 4 aromatic rings. The topological polar surface area (TPSA) is 94.6 Å². The Morgan fingerprint density at radius 1 is 0.970 bits per heavy atom. The lowest BCUT2D eigenvalue weighted by Gasteiger charge is -2.18. The Kier molecular flexibility index (Phi) is 5.74. The minimum absolute atomic E-state index is 0.111. The van der Waals surface area contributed by atoms with Crippen molar-refractivity contribution < 1.29 is 22.7 Å². The molecule has 9 heteroatoms. The Balaban J connectivity index is 1.21. The van der Waals surface area contributed by atoms with Crippen LogP contribution in [0.3, 0.4) is 0 Å². The molecule has 33 heavy (non-hydrogen) atoms. The summed E-state index contributed by atoms with van der Waals surface area (Å²) >= 11 is 1.61. The number of ether oxygens (including phenoxy) is 2. The average Bonchev–Trinajstić information content (AvgIpc) is 3.27. The standard InChI is InChI=1S/C24H20N2O5S2/c27-23(11-14-33(28,29)18-9-10-20-21(15-18)31-13-12-30-20)25-17-7-5-16(6-8-17)24-26-19-3-1-2-4-22(19)32-24/h1-10,15H,11-14H2,(H,25,27). The van der Waals surface area contributed by atoms with Crippen LogP contribution in [0.1, 0.15) is 6.42 Å². The summed E-state index contributed by atoms with van der Waals surface area (Å²) in [5.41, 5.74) is 2.51. The van der Waals surface area contributed by atoms with Crippen LogP contribution in [-0.4, -0.2) is 38.3 Å². The third-order valence-electron chi connectivity index (χ3n) is 5.18. The smallest absolute Gasteiger partial charge is 0.225 e. The number of fused-ring (bicyclic) bond motifs is 2. The summed E-state index contributed by atoms with van der Waals surface area (Å²) < 4.78 is 37.3. The van der Waals surface area contributed by atoms with E-state index in [-0.39, 0.29) is 23.0 Å². The number of hydrogen-bond acceptors (Lipinski definition) is 7. The molecule has 1 aromatic heterocycles. The first kappa shape index (κ1) is 21.4. The van der Waals surface area contributed by atoms with Gasteiger partial charge in [-0.25, -0.2) is 13.4 Å². The molecule has 0 spiro atoms. The first-order valence-electron chi connectivity index (χ1n) is 10.4. The monoisotopic (exact) mass is 480 g/mol. The van der Waals surface area contributed by atoms with E-state index in [1.807, 2.05) is 36.4 Å². The quantitative estimate of drug-likeness (QED) is 0.436. The average molecular weight is 481 g/mol. The molecule has 168 valence electrons. The van der Waals surface area contributed by atoms with Crippen molar-refractivity contribution in [2.45, 2.75) is 11.3 Å². The largest absolute Gasteiger partial charge is 0.486 e. The molecule has 2 heterocycles. The number of sulfone groups is 1. The molecule has 0 atom stereocenters. The van der Waals surface area contributed by atoms with Gasteiger partial charge in [0.25, 0.3) is 0 Å². The van der Waals surface area contributed by atoms with Crippen molar-refractivity contribution >= 4 is 43.0 Å². The predicted molar refractivity (Wildman–Crippen MR) is 128 cm³/mol. The fraction of sp³-hybridized carbons (Fsp3) is 0.167. The number of carbonyl (C=O) groups is 1. The van der Waals surface area contributed by atoms with Gasteiger partial charge in [0.2, 0.25) is 5.91 Å². The van der Waals surface area contributed by atoms with Gasteiger partial charge >= 0.3 is 0 Å². The molecule has 0 radical (unpaired) electrons. The van der Waals surface area contributed by atoms with Crippen molar-refractivity contribution in [1.82, 2.24) is 4.98 Å². The molecule has 0 unspecified atom stereocenters. The molecule has 0 saturated carbocycles. The van der Waals surface area contributed by atoms with E-state index in [0.717, 1.165) is 20.8 Å². The SMILES string of the molecule is O=C(CCS(=O)(=O)c1ccc2c(c1)OCCO2)Nc1ccc(-c2nc3ccccc3s2)cc1. The molecule has 7 nitrogen and oxygen atoms in total. The van der Waals surface area contributed by atoms with E-state index in [9.17, 15) is 13.2 Å². The first-order chi connectivity index (χ1) is 16.0. The van der Waals surface area contributed by atoms with E-state index in [1.165, 1.54) is 12.1 Å². The molecular weight excluding hydrogens is 460 g/mol. The first-order valence-corrected chi connectivity index (χ1v) is 12.8. The third-order valence-corrected chi connectivity index (χ3v) is 7.98. The molecule has 1 amide bonds. The highest BCUT2D eigenvalue weighted by molar-refractivity contribution is 7.91. The van der Waals surface area contributed by atoms with Gasteiger partial charge in [-0.1, -0.05) is 12.1 Å². The third kappa shape index (κ3) is 4.69. The highest BCUT2D eigenvalue weighted by Gasteiger charge is 2.20. The predicted octanol–water partition coefficient (Wildman–Crippen LogP) is 4.54. The number of amides is 1. The van der Waals surface area contributed by atoms with Crippen LogP contribution in [0.15, 0.2) is 71.6 Å². The van der Waals surface area contributed by atoms with Gasteiger partial charge < -0.3 is 14.8 Å². The fourth-order valence-electron chi connectivity index (χ4n) is 3.48. The van der Waals surface area contributed by atoms with Crippen LogP contribution in [0, 0.1) is 0 Å². The zero-order valence-corrected chi connectivity index (χ0v) is 19.1. The maximum Gasteiger partial charge on any atom is 0.225 e. The van der Waals surface area contributed by atoms with E-state index < -0.39 is 9.84 Å². The van der Waals surface area contributed by atoms with Gasteiger partial charge in [-0.2, -0.15) is 0 Å². The van der Waals surface area contributed by atoms with Crippen molar-refractivity contribution in [2.75, 3.05) is 24.3 Å². The van der Waals surface area contributed by atoms with Crippen LogP contribution < -0.4 is 14.8 Å². The lowest BCUT2D eigenvalue weighted by Crippen LogP contribution is -2.18.